The summed E-state index contributed by atoms with van der Waals surface area (Å²) in [4.78, 5) is 24.3. The fraction of sp³-hybridized carbons (Fsp3) is 0.208. The van der Waals surface area contributed by atoms with Crippen molar-refractivity contribution in [2.45, 2.75) is 20.4 Å². The predicted molar refractivity (Wildman–Crippen MR) is 120 cm³/mol. The normalized spacial score (nSPS) is 11.0. The Kier molecular flexibility index (Phi) is 7.26. The van der Waals surface area contributed by atoms with E-state index in [0.29, 0.717) is 22.9 Å². The highest BCUT2D eigenvalue weighted by Crippen LogP contribution is 2.20. The molecule has 7 heteroatoms. The smallest absolute Gasteiger partial charge is 0.331 e. The fourth-order valence-corrected chi connectivity index (χ4v) is 3.31. The number of esters is 1. The number of aromatic nitrogens is 2. The Balaban J connectivity index is 1.63. The minimum atomic E-state index is -0.603. The molecule has 3 rings (SSSR count). The van der Waals surface area contributed by atoms with Gasteiger partial charge in [-0.05, 0) is 43.7 Å². The molecule has 1 heterocycles. The van der Waals surface area contributed by atoms with Crippen molar-refractivity contribution in [3.05, 3.63) is 87.7 Å². The molecule has 0 spiro atoms. The number of rotatable bonds is 8. The molecule has 0 aliphatic rings. The van der Waals surface area contributed by atoms with Crippen molar-refractivity contribution in [2.24, 2.45) is 0 Å². The molecule has 0 radical (unpaired) electrons. The summed E-state index contributed by atoms with van der Waals surface area (Å²) >= 11 is 6.25. The topological polar surface area (TPSA) is 70.4 Å². The van der Waals surface area contributed by atoms with Gasteiger partial charge in [0.15, 0.2) is 12.4 Å². The summed E-state index contributed by atoms with van der Waals surface area (Å²) in [5, 5.41) is 5.22. The number of ketones is 1. The highest BCUT2D eigenvalue weighted by atomic mass is 35.5. The molecule has 0 amide bonds. The summed E-state index contributed by atoms with van der Waals surface area (Å²) < 4.78 is 12.0. The number of carbonyl (C=O) groups is 2. The molecule has 3 aromatic rings. The zero-order valence-electron chi connectivity index (χ0n) is 17.6. The van der Waals surface area contributed by atoms with Crippen molar-refractivity contribution in [3.8, 4) is 5.75 Å². The molecule has 0 bridgehead atoms. The summed E-state index contributed by atoms with van der Waals surface area (Å²) in [6, 6.07) is 14.3. The zero-order valence-corrected chi connectivity index (χ0v) is 18.3. The molecular formula is C24H23ClN2O4. The van der Waals surface area contributed by atoms with Crippen molar-refractivity contribution in [1.29, 1.82) is 0 Å². The first kappa shape index (κ1) is 22.3. The van der Waals surface area contributed by atoms with Gasteiger partial charge in [0, 0.05) is 27.9 Å². The third-order valence-electron chi connectivity index (χ3n) is 4.84. The van der Waals surface area contributed by atoms with Crippen LogP contribution in [0.4, 0.5) is 0 Å². The lowest BCUT2D eigenvalue weighted by Crippen LogP contribution is -2.12. The molecule has 0 atom stereocenters. The molecule has 0 fully saturated rings. The first-order valence-corrected chi connectivity index (χ1v) is 10.1. The molecule has 31 heavy (non-hydrogen) atoms. The van der Waals surface area contributed by atoms with Gasteiger partial charge in [0.2, 0.25) is 0 Å². The largest absolute Gasteiger partial charge is 0.497 e. The van der Waals surface area contributed by atoms with Gasteiger partial charge in [-0.3, -0.25) is 9.48 Å². The van der Waals surface area contributed by atoms with Crippen LogP contribution in [-0.4, -0.2) is 35.2 Å². The lowest BCUT2D eigenvalue weighted by molar-refractivity contribution is -0.136. The predicted octanol–water partition coefficient (Wildman–Crippen LogP) is 4.65. The third-order valence-corrected chi connectivity index (χ3v) is 5.21. The van der Waals surface area contributed by atoms with Gasteiger partial charge in [0.25, 0.3) is 0 Å². The van der Waals surface area contributed by atoms with Gasteiger partial charge in [-0.1, -0.05) is 41.9 Å². The summed E-state index contributed by atoms with van der Waals surface area (Å²) in [5.74, 6) is -0.341. The van der Waals surface area contributed by atoms with Gasteiger partial charge >= 0.3 is 5.97 Å². The van der Waals surface area contributed by atoms with Crippen LogP contribution in [0.15, 0.2) is 54.6 Å². The summed E-state index contributed by atoms with van der Waals surface area (Å²) in [6.07, 6.45) is 2.95. The number of hydrogen-bond donors (Lipinski definition) is 0. The second-order valence-electron chi connectivity index (χ2n) is 6.93. The van der Waals surface area contributed by atoms with Crippen LogP contribution >= 0.6 is 11.6 Å². The van der Waals surface area contributed by atoms with Gasteiger partial charge in [-0.2, -0.15) is 5.10 Å². The fourth-order valence-electron chi connectivity index (χ4n) is 3.11. The minimum Gasteiger partial charge on any atom is -0.497 e. The third kappa shape index (κ3) is 5.61. The van der Waals surface area contributed by atoms with Gasteiger partial charge in [0.1, 0.15) is 5.75 Å². The summed E-state index contributed by atoms with van der Waals surface area (Å²) in [5.41, 5.74) is 3.88. The van der Waals surface area contributed by atoms with E-state index in [1.807, 2.05) is 42.8 Å². The van der Waals surface area contributed by atoms with E-state index in [1.165, 1.54) is 13.2 Å². The molecular weight excluding hydrogens is 416 g/mol. The summed E-state index contributed by atoms with van der Waals surface area (Å²) in [7, 11) is 1.52. The number of benzene rings is 2. The number of nitrogens with zero attached hydrogens (tertiary/aromatic N) is 2. The van der Waals surface area contributed by atoms with Crippen LogP contribution in [0.3, 0.4) is 0 Å². The molecule has 0 aliphatic carbocycles. The Hall–Kier alpha value is -3.38. The van der Waals surface area contributed by atoms with Crippen molar-refractivity contribution >= 4 is 29.4 Å². The number of hydrogen-bond acceptors (Lipinski definition) is 5. The van der Waals surface area contributed by atoms with E-state index < -0.39 is 5.97 Å². The van der Waals surface area contributed by atoms with Gasteiger partial charge in [0.05, 0.1) is 19.3 Å². The first-order chi connectivity index (χ1) is 14.9. The van der Waals surface area contributed by atoms with Crippen molar-refractivity contribution in [2.75, 3.05) is 13.7 Å². The Morgan fingerprint density at radius 1 is 1.13 bits per heavy atom. The van der Waals surface area contributed by atoms with Crippen molar-refractivity contribution in [1.82, 2.24) is 9.78 Å². The first-order valence-electron chi connectivity index (χ1n) is 9.68. The second-order valence-corrected chi connectivity index (χ2v) is 7.34. The van der Waals surface area contributed by atoms with E-state index in [9.17, 15) is 9.59 Å². The van der Waals surface area contributed by atoms with E-state index in [2.05, 4.69) is 5.10 Å². The highest BCUT2D eigenvalue weighted by molar-refractivity contribution is 6.31. The number of ether oxygens (including phenoxy) is 2. The van der Waals surface area contributed by atoms with Crippen LogP contribution in [-0.2, 0) is 16.1 Å². The molecule has 2 aromatic carbocycles. The molecule has 0 aliphatic heterocycles. The van der Waals surface area contributed by atoms with Crippen LogP contribution in [0.2, 0.25) is 5.02 Å². The second kappa shape index (κ2) is 10.1. The molecule has 0 saturated carbocycles. The molecule has 6 nitrogen and oxygen atoms in total. The van der Waals surface area contributed by atoms with Gasteiger partial charge in [-0.15, -0.1) is 0 Å². The molecule has 0 N–H and O–H groups in total. The van der Waals surface area contributed by atoms with Crippen LogP contribution < -0.4 is 4.74 Å². The van der Waals surface area contributed by atoms with E-state index in [0.717, 1.165) is 22.5 Å². The average Bonchev–Trinajstić information content (AvgIpc) is 3.04. The monoisotopic (exact) mass is 438 g/mol. The maximum absolute atomic E-state index is 12.2. The maximum atomic E-state index is 12.2. The molecule has 0 unspecified atom stereocenters. The average molecular weight is 439 g/mol. The SMILES string of the molecule is COc1cccc(C(=O)COC(=O)/C=C/c2c(C)nn(Cc3ccccc3Cl)c2C)c1. The number of halogens is 1. The lowest BCUT2D eigenvalue weighted by Gasteiger charge is -2.06. The van der Waals surface area contributed by atoms with E-state index in [-0.39, 0.29) is 12.4 Å². The minimum absolute atomic E-state index is 0.305. The number of methoxy groups -OCH3 is 1. The van der Waals surface area contributed by atoms with E-state index >= 15 is 0 Å². The van der Waals surface area contributed by atoms with Crippen molar-refractivity contribution < 1.29 is 19.1 Å². The molecule has 1 aromatic heterocycles. The Labute approximate surface area is 186 Å². The number of carbonyl (C=O) groups excluding carboxylic acids is 2. The van der Waals surface area contributed by atoms with Crippen LogP contribution in [0.25, 0.3) is 6.08 Å². The van der Waals surface area contributed by atoms with Gasteiger partial charge < -0.3 is 9.47 Å². The Morgan fingerprint density at radius 3 is 2.65 bits per heavy atom. The van der Waals surface area contributed by atoms with Crippen LogP contribution in [0.5, 0.6) is 5.75 Å². The lowest BCUT2D eigenvalue weighted by atomic mass is 10.1. The highest BCUT2D eigenvalue weighted by Gasteiger charge is 2.12. The Morgan fingerprint density at radius 2 is 1.90 bits per heavy atom. The van der Waals surface area contributed by atoms with Crippen LogP contribution in [0, 0.1) is 13.8 Å². The quantitative estimate of drug-likeness (QED) is 0.291. The summed E-state index contributed by atoms with van der Waals surface area (Å²) in [6.45, 7) is 3.97. The van der Waals surface area contributed by atoms with E-state index in [1.54, 1.807) is 30.3 Å². The maximum Gasteiger partial charge on any atom is 0.331 e. The molecule has 0 saturated heterocycles. The number of aryl methyl sites for hydroxylation is 1. The standard InChI is InChI=1S/C24H23ClN2O4/c1-16-21(17(2)27(26-16)14-19-7-4-5-10-22(19)25)11-12-24(29)31-15-23(28)18-8-6-9-20(13-18)30-3/h4-13H,14-15H2,1-3H3/b12-11+. The van der Waals surface area contributed by atoms with Gasteiger partial charge in [-0.25, -0.2) is 4.79 Å². The number of Topliss-reactive ketones (excluding diaryl/α,β-unsaturated/α-hetero) is 1. The van der Waals surface area contributed by atoms with E-state index in [4.69, 9.17) is 21.1 Å². The Bertz CT molecular complexity index is 1130. The van der Waals surface area contributed by atoms with Crippen LogP contribution in [0.1, 0.15) is 32.9 Å². The van der Waals surface area contributed by atoms with Crippen molar-refractivity contribution in [3.63, 3.8) is 0 Å². The molecule has 160 valence electrons. The zero-order chi connectivity index (χ0) is 22.4.